The fourth-order valence-corrected chi connectivity index (χ4v) is 3.45. The van der Waals surface area contributed by atoms with Gasteiger partial charge in [-0.05, 0) is 42.6 Å². The molecule has 4 nitrogen and oxygen atoms in total. The summed E-state index contributed by atoms with van der Waals surface area (Å²) in [5, 5.41) is 12.5. The summed E-state index contributed by atoms with van der Waals surface area (Å²) >= 11 is 7.91. The van der Waals surface area contributed by atoms with Crippen LogP contribution in [0, 0.1) is 6.92 Å². The standard InChI is InChI=1S/C17H11ClN2O2S/c1-9-13-15(18)19-16(12-3-2-8-23-12)20-17(13)22-14(9)10-4-6-11(21)7-5-10/h2-8,21H,1H3. The molecule has 0 aliphatic rings. The lowest BCUT2D eigenvalue weighted by molar-refractivity contribution is 0.475. The number of halogens is 1. The number of furan rings is 1. The Kier molecular flexibility index (Phi) is 3.32. The average Bonchev–Trinajstić information content (AvgIpc) is 3.16. The summed E-state index contributed by atoms with van der Waals surface area (Å²) in [4.78, 5) is 9.83. The summed E-state index contributed by atoms with van der Waals surface area (Å²) in [7, 11) is 0. The van der Waals surface area contributed by atoms with Crippen LogP contribution in [0.4, 0.5) is 0 Å². The van der Waals surface area contributed by atoms with Crippen molar-refractivity contribution in [3.8, 4) is 27.8 Å². The third-order valence-corrected chi connectivity index (χ3v) is 4.76. The first-order chi connectivity index (χ1) is 11.1. The molecule has 23 heavy (non-hydrogen) atoms. The summed E-state index contributed by atoms with van der Waals surface area (Å²) < 4.78 is 5.93. The maximum absolute atomic E-state index is 9.43. The number of hydrogen-bond acceptors (Lipinski definition) is 5. The smallest absolute Gasteiger partial charge is 0.232 e. The van der Waals surface area contributed by atoms with Gasteiger partial charge in [0, 0.05) is 11.1 Å². The molecule has 1 N–H and O–H groups in total. The molecule has 1 aromatic carbocycles. The monoisotopic (exact) mass is 342 g/mol. The summed E-state index contributed by atoms with van der Waals surface area (Å²) in [5.41, 5.74) is 2.20. The number of thiophene rings is 1. The van der Waals surface area contributed by atoms with Crippen molar-refractivity contribution in [2.45, 2.75) is 6.92 Å². The fraction of sp³-hybridized carbons (Fsp3) is 0.0588. The largest absolute Gasteiger partial charge is 0.508 e. The molecule has 0 spiro atoms. The minimum Gasteiger partial charge on any atom is -0.508 e. The van der Waals surface area contributed by atoms with Gasteiger partial charge in [-0.15, -0.1) is 11.3 Å². The molecule has 0 atom stereocenters. The Bertz CT molecular complexity index is 992. The Morgan fingerprint density at radius 3 is 2.61 bits per heavy atom. The number of fused-ring (bicyclic) bond motifs is 1. The highest BCUT2D eigenvalue weighted by molar-refractivity contribution is 7.13. The van der Waals surface area contributed by atoms with E-state index in [1.165, 1.54) is 0 Å². The Morgan fingerprint density at radius 2 is 1.91 bits per heavy atom. The predicted molar refractivity (Wildman–Crippen MR) is 92.0 cm³/mol. The van der Waals surface area contributed by atoms with Crippen molar-refractivity contribution in [2.75, 3.05) is 0 Å². The van der Waals surface area contributed by atoms with Gasteiger partial charge in [0.2, 0.25) is 5.71 Å². The van der Waals surface area contributed by atoms with Gasteiger partial charge in [0.05, 0.1) is 10.3 Å². The number of aromatic nitrogens is 2. The van der Waals surface area contributed by atoms with Gasteiger partial charge in [-0.3, -0.25) is 0 Å². The first-order valence-corrected chi connectivity index (χ1v) is 8.19. The number of benzene rings is 1. The summed E-state index contributed by atoms with van der Waals surface area (Å²) in [5.74, 6) is 1.45. The maximum atomic E-state index is 9.43. The fourth-order valence-electron chi connectivity index (χ4n) is 2.49. The lowest BCUT2D eigenvalue weighted by Crippen LogP contribution is -1.88. The molecule has 0 saturated heterocycles. The van der Waals surface area contributed by atoms with Crippen LogP contribution in [0.25, 0.3) is 33.1 Å². The first-order valence-electron chi connectivity index (χ1n) is 6.93. The first kappa shape index (κ1) is 14.2. The second kappa shape index (κ2) is 5.37. The van der Waals surface area contributed by atoms with Crippen molar-refractivity contribution in [1.82, 2.24) is 9.97 Å². The van der Waals surface area contributed by atoms with Crippen LogP contribution in [-0.4, -0.2) is 15.1 Å². The molecule has 3 aromatic heterocycles. The molecule has 6 heteroatoms. The number of phenols is 1. The topological polar surface area (TPSA) is 59.2 Å². The molecule has 0 aliphatic heterocycles. The van der Waals surface area contributed by atoms with Crippen LogP contribution < -0.4 is 0 Å². The van der Waals surface area contributed by atoms with Gasteiger partial charge in [-0.25, -0.2) is 4.98 Å². The minimum atomic E-state index is 0.209. The zero-order valence-electron chi connectivity index (χ0n) is 12.1. The van der Waals surface area contributed by atoms with E-state index in [0.29, 0.717) is 22.5 Å². The van der Waals surface area contributed by atoms with Gasteiger partial charge in [0.25, 0.3) is 0 Å². The maximum Gasteiger partial charge on any atom is 0.232 e. The van der Waals surface area contributed by atoms with Crippen molar-refractivity contribution in [3.63, 3.8) is 0 Å². The van der Waals surface area contributed by atoms with Crippen molar-refractivity contribution < 1.29 is 9.52 Å². The molecule has 4 aromatic rings. The average molecular weight is 343 g/mol. The van der Waals surface area contributed by atoms with E-state index < -0.39 is 0 Å². The van der Waals surface area contributed by atoms with E-state index in [0.717, 1.165) is 21.4 Å². The van der Waals surface area contributed by atoms with Crippen LogP contribution in [0.1, 0.15) is 5.56 Å². The predicted octanol–water partition coefficient (Wildman–Crippen LogP) is 5.29. The quantitative estimate of drug-likeness (QED) is 0.503. The van der Waals surface area contributed by atoms with Crippen LogP contribution >= 0.6 is 22.9 Å². The summed E-state index contributed by atoms with van der Waals surface area (Å²) in [6.07, 6.45) is 0. The third kappa shape index (κ3) is 2.38. The SMILES string of the molecule is Cc1c(-c2ccc(O)cc2)oc2nc(-c3cccs3)nc(Cl)c12. The summed E-state index contributed by atoms with van der Waals surface area (Å²) in [6, 6.07) is 10.7. The van der Waals surface area contributed by atoms with E-state index in [1.807, 2.05) is 24.4 Å². The van der Waals surface area contributed by atoms with Gasteiger partial charge in [-0.1, -0.05) is 17.7 Å². The van der Waals surface area contributed by atoms with Gasteiger partial charge in [0.1, 0.15) is 16.7 Å². The van der Waals surface area contributed by atoms with Crippen molar-refractivity contribution in [2.24, 2.45) is 0 Å². The molecule has 0 fully saturated rings. The molecular weight excluding hydrogens is 332 g/mol. The molecule has 0 aliphatic carbocycles. The Morgan fingerprint density at radius 1 is 1.13 bits per heavy atom. The van der Waals surface area contributed by atoms with Crippen LogP contribution in [0.2, 0.25) is 5.15 Å². The number of phenolic OH excluding ortho intramolecular Hbond substituents is 1. The van der Waals surface area contributed by atoms with Crippen LogP contribution in [0.3, 0.4) is 0 Å². The zero-order chi connectivity index (χ0) is 16.0. The molecule has 4 rings (SSSR count). The molecular formula is C17H11ClN2O2S. The number of rotatable bonds is 2. The highest BCUT2D eigenvalue weighted by Crippen LogP contribution is 2.37. The normalized spacial score (nSPS) is 11.2. The summed E-state index contributed by atoms with van der Waals surface area (Å²) in [6.45, 7) is 1.92. The van der Waals surface area contributed by atoms with E-state index in [-0.39, 0.29) is 5.75 Å². The Labute approximate surface area is 141 Å². The Balaban J connectivity index is 1.93. The second-order valence-corrected chi connectivity index (χ2v) is 6.40. The van der Waals surface area contributed by atoms with Crippen molar-refractivity contribution in [1.29, 1.82) is 0 Å². The van der Waals surface area contributed by atoms with E-state index in [2.05, 4.69) is 9.97 Å². The van der Waals surface area contributed by atoms with Gasteiger partial charge < -0.3 is 9.52 Å². The molecule has 0 radical (unpaired) electrons. The molecule has 0 bridgehead atoms. The van der Waals surface area contributed by atoms with Gasteiger partial charge >= 0.3 is 0 Å². The van der Waals surface area contributed by atoms with Gasteiger partial charge in [0.15, 0.2) is 5.82 Å². The van der Waals surface area contributed by atoms with Gasteiger partial charge in [-0.2, -0.15) is 4.98 Å². The van der Waals surface area contributed by atoms with E-state index >= 15 is 0 Å². The molecule has 0 amide bonds. The highest BCUT2D eigenvalue weighted by Gasteiger charge is 2.19. The molecule has 0 unspecified atom stereocenters. The highest BCUT2D eigenvalue weighted by atomic mass is 35.5. The number of aromatic hydroxyl groups is 1. The minimum absolute atomic E-state index is 0.209. The van der Waals surface area contributed by atoms with E-state index in [1.54, 1.807) is 35.6 Å². The van der Waals surface area contributed by atoms with E-state index in [4.69, 9.17) is 16.0 Å². The lowest BCUT2D eigenvalue weighted by Gasteiger charge is -1.99. The third-order valence-electron chi connectivity index (χ3n) is 3.62. The number of aryl methyl sites for hydroxylation is 1. The second-order valence-electron chi connectivity index (χ2n) is 5.10. The lowest BCUT2D eigenvalue weighted by atomic mass is 10.1. The number of nitrogens with zero attached hydrogens (tertiary/aromatic N) is 2. The van der Waals surface area contributed by atoms with E-state index in [9.17, 15) is 5.11 Å². The molecule has 3 heterocycles. The van der Waals surface area contributed by atoms with Crippen LogP contribution in [0.15, 0.2) is 46.2 Å². The molecule has 0 saturated carbocycles. The Hall–Kier alpha value is -2.37. The van der Waals surface area contributed by atoms with Crippen molar-refractivity contribution >= 4 is 34.0 Å². The zero-order valence-corrected chi connectivity index (χ0v) is 13.6. The van der Waals surface area contributed by atoms with Crippen LogP contribution in [-0.2, 0) is 0 Å². The van der Waals surface area contributed by atoms with Crippen molar-refractivity contribution in [3.05, 3.63) is 52.5 Å². The number of hydrogen-bond donors (Lipinski definition) is 1. The van der Waals surface area contributed by atoms with Crippen LogP contribution in [0.5, 0.6) is 5.75 Å². The molecule has 114 valence electrons.